The highest BCUT2D eigenvalue weighted by atomic mass is 16.7. The molecule has 0 amide bonds. The summed E-state index contributed by atoms with van der Waals surface area (Å²) in [5.41, 5.74) is 2.37. The SMILES string of the molecule is COc1cc([C@@H]2c3cc4c(cc3[C@@H](OC3CC5COC(C)OC5CC3O)[C@H]3COC(=O)[C@H]23)OCO4)cc(OC)c1O. The summed E-state index contributed by atoms with van der Waals surface area (Å²) >= 11 is 0. The Hall–Kier alpha value is -3.25. The highest BCUT2D eigenvalue weighted by Gasteiger charge is 2.54. The second-order valence-electron chi connectivity index (χ2n) is 11.4. The molecule has 11 nitrogen and oxygen atoms in total. The first-order chi connectivity index (χ1) is 19.9. The fourth-order valence-electron chi connectivity index (χ4n) is 7.19. The average molecular weight is 571 g/mol. The molecule has 0 spiro atoms. The van der Waals surface area contributed by atoms with E-state index in [9.17, 15) is 15.0 Å². The number of rotatable bonds is 5. The van der Waals surface area contributed by atoms with Gasteiger partial charge >= 0.3 is 5.97 Å². The number of aliphatic hydroxyl groups is 1. The number of benzene rings is 2. The van der Waals surface area contributed by atoms with Crippen molar-refractivity contribution in [1.29, 1.82) is 0 Å². The van der Waals surface area contributed by atoms with Crippen LogP contribution in [0.2, 0.25) is 0 Å². The first-order valence-electron chi connectivity index (χ1n) is 14.0. The molecule has 3 heterocycles. The standard InChI is InChI=1S/C30H34O11/c1-13-36-10-15-6-21(19(31)9-20(15)40-13)41-29-17-8-23-22(38-12-39-23)7-16(17)26(27-18(29)11-37-30(27)33)14-4-24(34-2)28(32)25(5-14)35-3/h4-5,7-8,13,15,18-21,26-27,29,31-32H,6,9-12H2,1-3H3/t13?,15?,18-,19?,20?,21?,26+,27-,29+/m0/s1. The highest BCUT2D eigenvalue weighted by molar-refractivity contribution is 5.79. The number of cyclic esters (lactones) is 1. The van der Waals surface area contributed by atoms with Crippen molar-refractivity contribution in [2.75, 3.05) is 34.2 Å². The van der Waals surface area contributed by atoms with Crippen LogP contribution in [-0.4, -0.2) is 75.0 Å². The van der Waals surface area contributed by atoms with Gasteiger partial charge in [-0.15, -0.1) is 0 Å². The molecule has 7 rings (SSSR count). The van der Waals surface area contributed by atoms with Gasteiger partial charge in [0.15, 0.2) is 29.3 Å². The fraction of sp³-hybridized carbons (Fsp3) is 0.567. The van der Waals surface area contributed by atoms with Gasteiger partial charge in [-0.1, -0.05) is 0 Å². The lowest BCUT2D eigenvalue weighted by Gasteiger charge is -2.46. The minimum Gasteiger partial charge on any atom is -0.502 e. The van der Waals surface area contributed by atoms with Gasteiger partial charge in [0, 0.05) is 24.2 Å². The Morgan fingerprint density at radius 3 is 2.34 bits per heavy atom. The highest BCUT2D eigenvalue weighted by Crippen LogP contribution is 2.57. The average Bonchev–Trinajstić information content (AvgIpc) is 3.59. The molecule has 3 fully saturated rings. The second-order valence-corrected chi connectivity index (χ2v) is 11.4. The number of hydrogen-bond donors (Lipinski definition) is 2. The molecule has 2 saturated heterocycles. The van der Waals surface area contributed by atoms with Gasteiger partial charge in [0.05, 0.1) is 57.8 Å². The first-order valence-corrected chi connectivity index (χ1v) is 14.0. The van der Waals surface area contributed by atoms with Crippen LogP contribution in [0.1, 0.15) is 48.5 Å². The van der Waals surface area contributed by atoms with Crippen LogP contribution < -0.4 is 18.9 Å². The van der Waals surface area contributed by atoms with Crippen molar-refractivity contribution in [3.8, 4) is 28.7 Å². The maximum absolute atomic E-state index is 13.4. The Morgan fingerprint density at radius 2 is 1.63 bits per heavy atom. The summed E-state index contributed by atoms with van der Waals surface area (Å²) in [5, 5.41) is 21.7. The number of fused-ring (bicyclic) bond motifs is 4. The van der Waals surface area contributed by atoms with E-state index in [-0.39, 0.29) is 60.8 Å². The Bertz CT molecular complexity index is 1320. The predicted octanol–water partition coefficient (Wildman–Crippen LogP) is 3.03. The first kappa shape index (κ1) is 26.6. The normalized spacial score (nSPS) is 35.2. The molecule has 0 aromatic heterocycles. The third-order valence-corrected chi connectivity index (χ3v) is 9.18. The zero-order valence-corrected chi connectivity index (χ0v) is 23.1. The number of phenolic OH excluding ortho intramolecular Hbond substituents is 1. The molecule has 9 atom stereocenters. The van der Waals surface area contributed by atoms with Crippen LogP contribution in [0.3, 0.4) is 0 Å². The summed E-state index contributed by atoms with van der Waals surface area (Å²) in [6, 6.07) is 7.24. The zero-order valence-electron chi connectivity index (χ0n) is 23.1. The van der Waals surface area contributed by atoms with Crippen LogP contribution >= 0.6 is 0 Å². The summed E-state index contributed by atoms with van der Waals surface area (Å²) in [7, 11) is 2.93. The van der Waals surface area contributed by atoms with Crippen LogP contribution in [0.4, 0.5) is 0 Å². The number of esters is 1. The molecule has 2 aromatic rings. The number of ether oxygens (including phenoxy) is 8. The number of hydrogen-bond acceptors (Lipinski definition) is 11. The second kappa shape index (κ2) is 10.2. The van der Waals surface area contributed by atoms with E-state index in [2.05, 4.69) is 0 Å². The Balaban J connectivity index is 1.31. The van der Waals surface area contributed by atoms with Crippen LogP contribution in [-0.2, 0) is 23.7 Å². The molecule has 0 radical (unpaired) electrons. The van der Waals surface area contributed by atoms with Crippen molar-refractivity contribution in [1.82, 2.24) is 0 Å². The topological polar surface area (TPSA) is 131 Å². The van der Waals surface area contributed by atoms with E-state index in [0.29, 0.717) is 30.9 Å². The third kappa shape index (κ3) is 4.37. The molecule has 2 aromatic carbocycles. The molecule has 11 heteroatoms. The van der Waals surface area contributed by atoms with Gasteiger partial charge in [-0.2, -0.15) is 0 Å². The third-order valence-electron chi connectivity index (χ3n) is 9.18. The van der Waals surface area contributed by atoms with Gasteiger partial charge in [-0.25, -0.2) is 0 Å². The van der Waals surface area contributed by atoms with Crippen molar-refractivity contribution >= 4 is 5.97 Å². The summed E-state index contributed by atoms with van der Waals surface area (Å²) < 4.78 is 46.4. The molecule has 2 aliphatic carbocycles. The number of methoxy groups -OCH3 is 2. The Labute approximate surface area is 237 Å². The smallest absolute Gasteiger partial charge is 0.310 e. The van der Waals surface area contributed by atoms with Crippen LogP contribution in [0.15, 0.2) is 24.3 Å². The largest absolute Gasteiger partial charge is 0.502 e. The molecule has 41 heavy (non-hydrogen) atoms. The van der Waals surface area contributed by atoms with Crippen molar-refractivity contribution in [3.63, 3.8) is 0 Å². The van der Waals surface area contributed by atoms with Crippen molar-refractivity contribution < 1.29 is 52.9 Å². The molecule has 3 aliphatic heterocycles. The monoisotopic (exact) mass is 570 g/mol. The molecular weight excluding hydrogens is 536 g/mol. The van der Waals surface area contributed by atoms with Crippen LogP contribution in [0.5, 0.6) is 28.7 Å². The van der Waals surface area contributed by atoms with Crippen LogP contribution in [0, 0.1) is 17.8 Å². The molecule has 5 aliphatic rings. The molecule has 2 N–H and O–H groups in total. The van der Waals surface area contributed by atoms with Gasteiger partial charge in [0.1, 0.15) is 0 Å². The molecule has 0 bridgehead atoms. The summed E-state index contributed by atoms with van der Waals surface area (Å²) in [5.74, 6) is -0.140. The number of aliphatic hydroxyl groups excluding tert-OH is 1. The Morgan fingerprint density at radius 1 is 0.927 bits per heavy atom. The number of phenols is 1. The van der Waals surface area contributed by atoms with Crippen molar-refractivity contribution in [2.24, 2.45) is 17.8 Å². The lowest BCUT2D eigenvalue weighted by Crippen LogP contribution is -2.51. The Kier molecular flexibility index (Phi) is 6.65. The minimum atomic E-state index is -0.737. The molecule has 1 saturated carbocycles. The van der Waals surface area contributed by atoms with E-state index in [4.69, 9.17) is 37.9 Å². The number of aromatic hydroxyl groups is 1. The summed E-state index contributed by atoms with van der Waals surface area (Å²) in [6.45, 7) is 2.66. The van der Waals surface area contributed by atoms with E-state index < -0.39 is 30.1 Å². The van der Waals surface area contributed by atoms with E-state index in [1.807, 2.05) is 19.1 Å². The van der Waals surface area contributed by atoms with Gasteiger partial charge < -0.3 is 48.1 Å². The van der Waals surface area contributed by atoms with Gasteiger partial charge in [-0.05, 0) is 54.3 Å². The zero-order chi connectivity index (χ0) is 28.4. The number of carbonyl (C=O) groups excluding carboxylic acids is 1. The van der Waals surface area contributed by atoms with Crippen LogP contribution in [0.25, 0.3) is 0 Å². The predicted molar refractivity (Wildman–Crippen MR) is 140 cm³/mol. The van der Waals surface area contributed by atoms with Gasteiger partial charge in [0.2, 0.25) is 12.5 Å². The van der Waals surface area contributed by atoms with E-state index in [1.165, 1.54) is 14.2 Å². The maximum atomic E-state index is 13.4. The number of carbonyl (C=O) groups is 1. The van der Waals surface area contributed by atoms with Gasteiger partial charge in [0.25, 0.3) is 0 Å². The lowest BCUT2D eigenvalue weighted by atomic mass is 9.66. The van der Waals surface area contributed by atoms with E-state index in [0.717, 1.165) is 16.7 Å². The van der Waals surface area contributed by atoms with Gasteiger partial charge in [-0.3, -0.25) is 4.79 Å². The molecule has 220 valence electrons. The molecule has 5 unspecified atom stereocenters. The minimum absolute atomic E-state index is 0.0889. The summed E-state index contributed by atoms with van der Waals surface area (Å²) in [6.07, 6.45) is -1.14. The quantitative estimate of drug-likeness (QED) is 0.514. The van der Waals surface area contributed by atoms with E-state index >= 15 is 0 Å². The maximum Gasteiger partial charge on any atom is 0.310 e. The molecular formula is C30H34O11. The van der Waals surface area contributed by atoms with Crippen molar-refractivity contribution in [3.05, 3.63) is 41.0 Å². The fourth-order valence-corrected chi connectivity index (χ4v) is 7.19. The summed E-state index contributed by atoms with van der Waals surface area (Å²) in [4.78, 5) is 13.4. The van der Waals surface area contributed by atoms with Crippen molar-refractivity contribution in [2.45, 2.75) is 56.4 Å². The van der Waals surface area contributed by atoms with E-state index in [1.54, 1.807) is 12.1 Å². The lowest BCUT2D eigenvalue weighted by molar-refractivity contribution is -0.259.